The first kappa shape index (κ1) is 23.2. The maximum atomic E-state index is 13.0. The quantitative estimate of drug-likeness (QED) is 0.699. The third kappa shape index (κ3) is 5.42. The van der Waals surface area contributed by atoms with Gasteiger partial charge in [0.25, 0.3) is 0 Å². The van der Waals surface area contributed by atoms with E-state index in [1.165, 1.54) is 30.0 Å². The standard InChI is InChI=1S/C21H36N4O4S/c1-16(21(26)22-10-15-24-11-6-4-5-7-12-24)19-8-13-25(14-9-19)30(27,28)20-17(2)23-29-18(20)3/h16,19H,4-15H2,1-3H3,(H,22,26). The van der Waals surface area contributed by atoms with Crippen molar-refractivity contribution in [2.75, 3.05) is 39.3 Å². The lowest BCUT2D eigenvalue weighted by Gasteiger charge is -2.33. The van der Waals surface area contributed by atoms with Crippen molar-refractivity contribution in [3.05, 3.63) is 11.5 Å². The van der Waals surface area contributed by atoms with E-state index in [-0.39, 0.29) is 22.6 Å². The zero-order valence-electron chi connectivity index (χ0n) is 18.5. The Morgan fingerprint density at radius 2 is 1.77 bits per heavy atom. The second-order valence-electron chi connectivity index (χ2n) is 8.73. The van der Waals surface area contributed by atoms with Gasteiger partial charge in [0.2, 0.25) is 15.9 Å². The van der Waals surface area contributed by atoms with Crippen LogP contribution in [-0.4, -0.2) is 68.0 Å². The molecule has 30 heavy (non-hydrogen) atoms. The summed E-state index contributed by atoms with van der Waals surface area (Å²) in [5, 5.41) is 6.87. The summed E-state index contributed by atoms with van der Waals surface area (Å²) in [7, 11) is -3.61. The Labute approximate surface area is 180 Å². The van der Waals surface area contributed by atoms with Gasteiger partial charge in [-0.2, -0.15) is 4.31 Å². The van der Waals surface area contributed by atoms with Gasteiger partial charge < -0.3 is 14.7 Å². The number of nitrogens with one attached hydrogen (secondary N) is 1. The molecule has 0 radical (unpaired) electrons. The second-order valence-corrected chi connectivity index (χ2v) is 10.6. The average molecular weight is 441 g/mol. The summed E-state index contributed by atoms with van der Waals surface area (Å²) < 4.78 is 32.5. The third-order valence-corrected chi connectivity index (χ3v) is 8.75. The van der Waals surface area contributed by atoms with E-state index < -0.39 is 10.0 Å². The predicted molar refractivity (Wildman–Crippen MR) is 115 cm³/mol. The molecule has 1 amide bonds. The van der Waals surface area contributed by atoms with Crippen LogP contribution < -0.4 is 5.32 Å². The number of likely N-dealkylation sites (tertiary alicyclic amines) is 1. The number of hydrogen-bond donors (Lipinski definition) is 1. The van der Waals surface area contributed by atoms with Gasteiger partial charge in [0.15, 0.2) is 5.76 Å². The van der Waals surface area contributed by atoms with Gasteiger partial charge in [0.05, 0.1) is 0 Å². The molecule has 2 fully saturated rings. The van der Waals surface area contributed by atoms with Crippen LogP contribution in [0.15, 0.2) is 9.42 Å². The van der Waals surface area contributed by atoms with Crippen LogP contribution in [0.2, 0.25) is 0 Å². The molecule has 0 spiro atoms. The fourth-order valence-electron chi connectivity index (χ4n) is 4.66. The third-order valence-electron chi connectivity index (χ3n) is 6.61. The highest BCUT2D eigenvalue weighted by molar-refractivity contribution is 7.89. The van der Waals surface area contributed by atoms with E-state index in [0.29, 0.717) is 43.9 Å². The molecule has 2 aliphatic heterocycles. The number of piperidine rings is 1. The number of nitrogens with zero attached hydrogens (tertiary/aromatic N) is 3. The molecular formula is C21H36N4O4S. The molecule has 1 aromatic rings. The smallest absolute Gasteiger partial charge is 0.248 e. The van der Waals surface area contributed by atoms with Gasteiger partial charge in [-0.15, -0.1) is 0 Å². The van der Waals surface area contributed by atoms with Crippen molar-refractivity contribution in [3.63, 3.8) is 0 Å². The lowest BCUT2D eigenvalue weighted by Crippen LogP contribution is -2.44. The summed E-state index contributed by atoms with van der Waals surface area (Å²) in [4.78, 5) is 15.2. The molecule has 3 heterocycles. The minimum Gasteiger partial charge on any atom is -0.360 e. The van der Waals surface area contributed by atoms with Crippen LogP contribution in [0, 0.1) is 25.7 Å². The Morgan fingerprint density at radius 3 is 2.33 bits per heavy atom. The second kappa shape index (κ2) is 10.2. The summed E-state index contributed by atoms with van der Waals surface area (Å²) in [6, 6.07) is 0. The first-order valence-electron chi connectivity index (χ1n) is 11.2. The van der Waals surface area contributed by atoms with Gasteiger partial charge >= 0.3 is 0 Å². The molecule has 0 saturated carbocycles. The predicted octanol–water partition coefficient (Wildman–Crippen LogP) is 2.32. The van der Waals surface area contributed by atoms with Gasteiger partial charge in [-0.25, -0.2) is 8.42 Å². The molecule has 1 unspecified atom stereocenters. The van der Waals surface area contributed by atoms with Gasteiger partial charge in [0.1, 0.15) is 10.6 Å². The van der Waals surface area contributed by atoms with Crippen LogP contribution in [0.1, 0.15) is 56.9 Å². The number of aryl methyl sites for hydroxylation is 2. The highest BCUT2D eigenvalue weighted by Gasteiger charge is 2.36. The Hall–Kier alpha value is -1.45. The van der Waals surface area contributed by atoms with E-state index >= 15 is 0 Å². The maximum absolute atomic E-state index is 13.0. The number of aromatic nitrogens is 1. The Bertz CT molecular complexity index is 787. The molecule has 1 aromatic heterocycles. The van der Waals surface area contributed by atoms with Crippen LogP contribution in [-0.2, 0) is 14.8 Å². The Balaban J connectivity index is 1.46. The number of rotatable bonds is 7. The summed E-state index contributed by atoms with van der Waals surface area (Å²) in [5.74, 6) is 0.487. The highest BCUT2D eigenvalue weighted by Crippen LogP contribution is 2.30. The van der Waals surface area contributed by atoms with E-state index in [9.17, 15) is 13.2 Å². The zero-order chi connectivity index (χ0) is 21.7. The highest BCUT2D eigenvalue weighted by atomic mass is 32.2. The first-order valence-corrected chi connectivity index (χ1v) is 12.7. The SMILES string of the molecule is Cc1noc(C)c1S(=O)(=O)N1CCC(C(C)C(=O)NCCN2CCCCCC2)CC1. The number of amides is 1. The van der Waals surface area contributed by atoms with Crippen LogP contribution in [0.3, 0.4) is 0 Å². The largest absolute Gasteiger partial charge is 0.360 e. The minimum atomic E-state index is -3.61. The van der Waals surface area contributed by atoms with Crippen molar-refractivity contribution < 1.29 is 17.7 Å². The molecular weight excluding hydrogens is 404 g/mol. The molecule has 0 aliphatic carbocycles. The van der Waals surface area contributed by atoms with Crippen molar-refractivity contribution in [3.8, 4) is 0 Å². The van der Waals surface area contributed by atoms with Gasteiger partial charge in [-0.1, -0.05) is 24.9 Å². The van der Waals surface area contributed by atoms with Crippen LogP contribution in [0.4, 0.5) is 0 Å². The van der Waals surface area contributed by atoms with Crippen LogP contribution in [0.5, 0.6) is 0 Å². The fraction of sp³-hybridized carbons (Fsp3) is 0.810. The molecule has 2 aliphatic rings. The summed E-state index contributed by atoms with van der Waals surface area (Å²) in [6.07, 6.45) is 6.49. The fourth-order valence-corrected chi connectivity index (χ4v) is 6.42. The van der Waals surface area contributed by atoms with Crippen molar-refractivity contribution >= 4 is 15.9 Å². The van der Waals surface area contributed by atoms with E-state index in [1.807, 2.05) is 6.92 Å². The van der Waals surface area contributed by atoms with Gasteiger partial charge in [-0.05, 0) is 58.5 Å². The molecule has 3 rings (SSSR count). The Kier molecular flexibility index (Phi) is 7.92. The molecule has 2 saturated heterocycles. The van der Waals surface area contributed by atoms with Crippen LogP contribution in [0.25, 0.3) is 0 Å². The summed E-state index contributed by atoms with van der Waals surface area (Å²) in [6.45, 7) is 9.92. The van der Waals surface area contributed by atoms with Crippen molar-refractivity contribution in [1.29, 1.82) is 0 Å². The zero-order valence-corrected chi connectivity index (χ0v) is 19.3. The summed E-state index contributed by atoms with van der Waals surface area (Å²) in [5.41, 5.74) is 0.395. The number of hydrogen-bond acceptors (Lipinski definition) is 6. The normalized spacial score (nSPS) is 21.3. The molecule has 8 nitrogen and oxygen atoms in total. The number of sulfonamides is 1. The molecule has 0 bridgehead atoms. The van der Waals surface area contributed by atoms with Crippen molar-refractivity contribution in [2.45, 2.75) is 64.2 Å². The average Bonchev–Trinajstić information content (AvgIpc) is 2.92. The number of carbonyl (C=O) groups is 1. The van der Waals surface area contributed by atoms with E-state index in [0.717, 1.165) is 19.6 Å². The molecule has 1 N–H and O–H groups in total. The van der Waals surface area contributed by atoms with E-state index in [1.54, 1.807) is 13.8 Å². The maximum Gasteiger partial charge on any atom is 0.248 e. The minimum absolute atomic E-state index is 0.0804. The van der Waals surface area contributed by atoms with Gasteiger partial charge in [-0.3, -0.25) is 4.79 Å². The first-order chi connectivity index (χ1) is 14.3. The monoisotopic (exact) mass is 440 g/mol. The Morgan fingerprint density at radius 1 is 1.13 bits per heavy atom. The van der Waals surface area contributed by atoms with E-state index in [2.05, 4.69) is 15.4 Å². The number of carbonyl (C=O) groups excluding carboxylic acids is 1. The van der Waals surface area contributed by atoms with Crippen molar-refractivity contribution in [1.82, 2.24) is 19.7 Å². The van der Waals surface area contributed by atoms with Crippen LogP contribution >= 0.6 is 0 Å². The molecule has 0 aromatic carbocycles. The van der Waals surface area contributed by atoms with Crippen molar-refractivity contribution in [2.24, 2.45) is 11.8 Å². The van der Waals surface area contributed by atoms with E-state index in [4.69, 9.17) is 4.52 Å². The summed E-state index contributed by atoms with van der Waals surface area (Å²) >= 11 is 0. The molecule has 1 atom stereocenters. The lowest BCUT2D eigenvalue weighted by molar-refractivity contribution is -0.126. The van der Waals surface area contributed by atoms with Gasteiger partial charge in [0, 0.05) is 32.1 Å². The topological polar surface area (TPSA) is 95.8 Å². The molecule has 9 heteroatoms. The lowest BCUT2D eigenvalue weighted by atomic mass is 9.85. The molecule has 170 valence electrons.